The molecule has 0 saturated heterocycles. The van der Waals surface area contributed by atoms with Gasteiger partial charge in [0.25, 0.3) is 0 Å². The third kappa shape index (κ3) is 856. The Morgan fingerprint density at radius 3 is 0.455 bits per heavy atom. The van der Waals surface area contributed by atoms with Gasteiger partial charge in [0.2, 0.25) is 0 Å². The third-order valence-electron chi connectivity index (χ3n) is 0. The molecule has 0 heterocycles. The van der Waals surface area contributed by atoms with Gasteiger partial charge in [-0.2, -0.15) is 0 Å². The molecule has 0 aromatic heterocycles. The fourth-order valence-corrected chi connectivity index (χ4v) is 0. The van der Waals surface area contributed by atoms with Crippen LogP contribution >= 0.6 is 0 Å². The zero-order valence-corrected chi connectivity index (χ0v) is 8.05. The molecule has 0 spiro atoms. The number of hydrogen-bond donors (Lipinski definition) is 0. The van der Waals surface area contributed by atoms with E-state index in [2.05, 4.69) is 0 Å². The maximum Gasteiger partial charge on any atom is 2.00 e. The van der Waals surface area contributed by atoms with Gasteiger partial charge < -0.3 is 28.2 Å². The van der Waals surface area contributed by atoms with Crippen molar-refractivity contribution in [3.05, 3.63) is 0 Å². The van der Waals surface area contributed by atoms with Crippen LogP contribution in [0.2, 0.25) is 0 Å². The maximum absolute atomic E-state index is 9.85. The van der Waals surface area contributed by atoms with Crippen LogP contribution in [0.15, 0.2) is 0 Å². The molecule has 69 valence electrons. The van der Waals surface area contributed by atoms with Gasteiger partial charge in [0.15, 0.2) is 0 Å². The zero-order valence-electron chi connectivity index (χ0n) is 4.56. The molecule has 11 heavy (non-hydrogen) atoms. The van der Waals surface area contributed by atoms with Crippen molar-refractivity contribution in [2.24, 2.45) is 0 Å². The first-order chi connectivity index (χ1) is 4.00. The van der Waals surface area contributed by atoms with Gasteiger partial charge in [-0.05, 0) is 0 Å². The van der Waals surface area contributed by atoms with E-state index in [1.165, 1.54) is 0 Å². The molecular formula is Al2F8Mn. The largest absolute Gasteiger partial charge is 2.00 e. The molecule has 0 saturated carbocycles. The Labute approximate surface area is 75.2 Å². The van der Waals surface area contributed by atoms with E-state index in [1.807, 2.05) is 0 Å². The summed E-state index contributed by atoms with van der Waals surface area (Å²) in [5, 5.41) is 0. The molecule has 0 amide bonds. The van der Waals surface area contributed by atoms with E-state index in [0.29, 0.717) is 0 Å². The predicted octanol–water partition coefficient (Wildman–Crippen LogP) is 2.60. The SMILES string of the molecule is [F][Al-]([F])([F])[F].[F][Al-]([F])([F])[F].[Mn+2]. The second-order valence-corrected chi connectivity index (χ2v) is 2.97. The van der Waals surface area contributed by atoms with Gasteiger partial charge in [-0.3, -0.25) is 0 Å². The van der Waals surface area contributed by atoms with Crippen molar-refractivity contribution in [3.63, 3.8) is 0 Å². The first-order valence-corrected chi connectivity index (χ1v) is 5.24. The van der Waals surface area contributed by atoms with Crippen molar-refractivity contribution in [1.29, 1.82) is 0 Å². The molecule has 1 radical (unpaired) electrons. The maximum atomic E-state index is 9.85. The van der Waals surface area contributed by atoms with Crippen molar-refractivity contribution >= 4 is 29.8 Å². The van der Waals surface area contributed by atoms with E-state index < -0.39 is 29.8 Å². The minimum absolute atomic E-state index is 0. The summed E-state index contributed by atoms with van der Waals surface area (Å²) in [6.45, 7) is 0. The van der Waals surface area contributed by atoms with Crippen molar-refractivity contribution in [2.75, 3.05) is 0 Å². The Bertz CT molecular complexity index is 55.1. The number of rotatable bonds is 0. The molecule has 0 atom stereocenters. The van der Waals surface area contributed by atoms with Crippen molar-refractivity contribution < 1.29 is 45.3 Å². The first kappa shape index (κ1) is 17.9. The van der Waals surface area contributed by atoms with Crippen LogP contribution in [-0.2, 0) is 17.1 Å². The zero-order chi connectivity index (χ0) is 9.00. The van der Waals surface area contributed by atoms with Crippen molar-refractivity contribution in [2.45, 2.75) is 0 Å². The molecule has 0 rings (SSSR count). The normalized spacial score (nSPS) is 10.9. The summed E-state index contributed by atoms with van der Waals surface area (Å²) in [6.07, 6.45) is 0. The van der Waals surface area contributed by atoms with E-state index in [0.717, 1.165) is 0 Å². The van der Waals surface area contributed by atoms with Crippen LogP contribution in [0.3, 0.4) is 0 Å². The Morgan fingerprint density at radius 1 is 0.455 bits per heavy atom. The quantitative estimate of drug-likeness (QED) is 0.464. The van der Waals surface area contributed by atoms with E-state index in [4.69, 9.17) is 0 Å². The molecule has 0 unspecified atom stereocenters. The van der Waals surface area contributed by atoms with E-state index in [1.54, 1.807) is 0 Å². The van der Waals surface area contributed by atoms with Crippen LogP contribution < -0.4 is 0 Å². The molecule has 0 aromatic rings. The van der Waals surface area contributed by atoms with Crippen molar-refractivity contribution in [3.8, 4) is 0 Å². The summed E-state index contributed by atoms with van der Waals surface area (Å²) in [7, 11) is 0. The van der Waals surface area contributed by atoms with Crippen LogP contribution in [0, 0.1) is 0 Å². The minimum atomic E-state index is -6.83. The average molecular weight is 261 g/mol. The summed E-state index contributed by atoms with van der Waals surface area (Å²) >= 11 is -13.7. The summed E-state index contributed by atoms with van der Waals surface area (Å²) < 4.78 is 78.8. The molecule has 0 aliphatic heterocycles. The van der Waals surface area contributed by atoms with Gasteiger partial charge in [0.05, 0.1) is 0 Å². The molecule has 0 nitrogen and oxygen atoms in total. The predicted molar refractivity (Wildman–Crippen MR) is 20.4 cm³/mol. The smallest absolute Gasteiger partial charge is 0.510 e. The van der Waals surface area contributed by atoms with E-state index >= 15 is 0 Å². The molecule has 0 fully saturated rings. The Kier molecular flexibility index (Phi) is 10.7. The fraction of sp³-hybridized carbons (Fsp3) is 0. The second-order valence-electron chi connectivity index (χ2n) is 0.990. The van der Waals surface area contributed by atoms with Crippen LogP contribution in [-0.4, -0.2) is 29.8 Å². The first-order valence-electron chi connectivity index (χ1n) is 1.75. The Hall–Kier alpha value is 1.02. The summed E-state index contributed by atoms with van der Waals surface area (Å²) in [5.74, 6) is 0. The molecule has 0 aliphatic rings. The molecule has 0 N–H and O–H groups in total. The summed E-state index contributed by atoms with van der Waals surface area (Å²) in [5.41, 5.74) is 0. The van der Waals surface area contributed by atoms with Crippen molar-refractivity contribution in [1.82, 2.24) is 0 Å². The van der Waals surface area contributed by atoms with Crippen LogP contribution in [0.4, 0.5) is 28.2 Å². The van der Waals surface area contributed by atoms with Gasteiger partial charge in [-0.25, -0.2) is 0 Å². The van der Waals surface area contributed by atoms with Crippen LogP contribution in [0.5, 0.6) is 0 Å². The number of hydrogen-bond acceptors (Lipinski definition) is 0. The molecule has 0 aromatic carbocycles. The van der Waals surface area contributed by atoms with Gasteiger partial charge in [-0.1, -0.05) is 0 Å². The Balaban J connectivity index is -0.000000107. The summed E-state index contributed by atoms with van der Waals surface area (Å²) in [4.78, 5) is 0. The standard InChI is InChI=1S/2Al.8FH.Mn/h;;8*1H;/q2*+3;;;;;;;;;+2/p-8. The van der Waals surface area contributed by atoms with Gasteiger partial charge in [0.1, 0.15) is 0 Å². The molecule has 0 bridgehead atoms. The molecule has 11 heteroatoms. The van der Waals surface area contributed by atoms with Crippen LogP contribution in [0.1, 0.15) is 0 Å². The van der Waals surface area contributed by atoms with Crippen LogP contribution in [0.25, 0.3) is 0 Å². The second kappa shape index (κ2) is 6.53. The fourth-order valence-electron chi connectivity index (χ4n) is 0. The topological polar surface area (TPSA) is 0 Å². The van der Waals surface area contributed by atoms with E-state index in [-0.39, 0.29) is 17.1 Å². The minimum Gasteiger partial charge on any atom is -0.510 e. The van der Waals surface area contributed by atoms with E-state index in [9.17, 15) is 28.2 Å². The average Bonchev–Trinajstić information content (AvgIpc) is 1.12. The molecular weight excluding hydrogens is 261 g/mol. The Morgan fingerprint density at radius 2 is 0.455 bits per heavy atom. The molecule has 0 aliphatic carbocycles. The van der Waals surface area contributed by atoms with Gasteiger partial charge in [0, 0.05) is 0 Å². The third-order valence-corrected chi connectivity index (χ3v) is 0. The monoisotopic (exact) mass is 261 g/mol. The number of halogens is 8. The summed E-state index contributed by atoms with van der Waals surface area (Å²) in [6, 6.07) is 0. The van der Waals surface area contributed by atoms with Gasteiger partial charge >= 0.3 is 46.9 Å². The van der Waals surface area contributed by atoms with Gasteiger partial charge in [-0.15, -0.1) is 0 Å².